The molecule has 1 aromatic carbocycles. The number of thioether (sulfide) groups is 1. The molecule has 0 aliphatic rings. The summed E-state index contributed by atoms with van der Waals surface area (Å²) in [4.78, 5) is 12.4. The molecule has 1 rings (SSSR count). The molecule has 0 aliphatic heterocycles. The molecule has 1 N–H and O–H groups in total. The predicted molar refractivity (Wildman–Crippen MR) is 80.4 cm³/mol. The summed E-state index contributed by atoms with van der Waals surface area (Å²) in [6.45, 7) is 6.39. The lowest BCUT2D eigenvalue weighted by Gasteiger charge is -2.28. The Morgan fingerprint density at radius 3 is 2.67 bits per heavy atom. The molecule has 1 unspecified atom stereocenters. The van der Waals surface area contributed by atoms with Gasteiger partial charge in [-0.25, -0.2) is 8.78 Å². The maximum absolute atomic E-state index is 13.5. The Kier molecular flexibility index (Phi) is 7.11. The van der Waals surface area contributed by atoms with Gasteiger partial charge in [0, 0.05) is 16.7 Å². The van der Waals surface area contributed by atoms with Crippen LogP contribution in [-0.2, 0) is 9.53 Å². The van der Waals surface area contributed by atoms with Crippen LogP contribution in [0.15, 0.2) is 23.1 Å². The van der Waals surface area contributed by atoms with Crippen LogP contribution in [0.25, 0.3) is 0 Å². The Morgan fingerprint density at radius 1 is 1.38 bits per heavy atom. The Hall–Kier alpha value is -1.14. The first-order chi connectivity index (χ1) is 9.92. The molecule has 0 fully saturated rings. The number of likely N-dealkylation sites (N-methyl/N-ethyl adjacent to an activating group) is 1. The standard InChI is InChI=1S/C15H21F2NO2S/c1-4-18-15(3,14(19)20-5-2)8-9-21-13-7-6-11(16)10-12(13)17/h6-7,10,18H,4-5,8-9H2,1-3H3. The summed E-state index contributed by atoms with van der Waals surface area (Å²) in [7, 11) is 0. The molecule has 0 amide bonds. The van der Waals surface area contributed by atoms with E-state index >= 15 is 0 Å². The van der Waals surface area contributed by atoms with Crippen molar-refractivity contribution in [3.8, 4) is 0 Å². The van der Waals surface area contributed by atoms with Crippen LogP contribution >= 0.6 is 11.8 Å². The van der Waals surface area contributed by atoms with E-state index in [-0.39, 0.29) is 5.97 Å². The van der Waals surface area contributed by atoms with E-state index in [1.54, 1.807) is 13.8 Å². The lowest BCUT2D eigenvalue weighted by molar-refractivity contribution is -0.150. The molecular formula is C15H21F2NO2S. The smallest absolute Gasteiger partial charge is 0.326 e. The highest BCUT2D eigenvalue weighted by Crippen LogP contribution is 2.25. The van der Waals surface area contributed by atoms with Crippen molar-refractivity contribution in [1.29, 1.82) is 0 Å². The van der Waals surface area contributed by atoms with Crippen molar-refractivity contribution in [2.75, 3.05) is 18.9 Å². The zero-order chi connectivity index (χ0) is 15.9. The van der Waals surface area contributed by atoms with E-state index in [0.29, 0.717) is 30.2 Å². The van der Waals surface area contributed by atoms with Crippen molar-refractivity contribution < 1.29 is 18.3 Å². The predicted octanol–water partition coefficient (Wildman–Crippen LogP) is 3.38. The van der Waals surface area contributed by atoms with Gasteiger partial charge in [-0.1, -0.05) is 6.92 Å². The third-order valence-electron chi connectivity index (χ3n) is 3.05. The highest BCUT2D eigenvalue weighted by atomic mass is 32.2. The molecule has 0 saturated heterocycles. The molecule has 0 aliphatic carbocycles. The molecule has 0 heterocycles. The number of nitrogens with one attached hydrogen (secondary N) is 1. The number of carbonyl (C=O) groups is 1. The van der Waals surface area contributed by atoms with Gasteiger partial charge in [0.05, 0.1) is 6.61 Å². The summed E-state index contributed by atoms with van der Waals surface area (Å²) in [5.74, 6) is -0.973. The maximum Gasteiger partial charge on any atom is 0.326 e. The van der Waals surface area contributed by atoms with Gasteiger partial charge in [-0.2, -0.15) is 0 Å². The molecule has 21 heavy (non-hydrogen) atoms. The first-order valence-electron chi connectivity index (χ1n) is 6.93. The van der Waals surface area contributed by atoms with Gasteiger partial charge in [-0.15, -0.1) is 11.8 Å². The fourth-order valence-electron chi connectivity index (χ4n) is 1.90. The minimum atomic E-state index is -0.797. The van der Waals surface area contributed by atoms with E-state index in [2.05, 4.69) is 5.32 Å². The van der Waals surface area contributed by atoms with Gasteiger partial charge in [-0.05, 0) is 38.9 Å². The Bertz CT molecular complexity index is 485. The summed E-state index contributed by atoms with van der Waals surface area (Å²) >= 11 is 1.25. The van der Waals surface area contributed by atoms with Gasteiger partial charge in [0.15, 0.2) is 0 Å². The molecule has 6 heteroatoms. The van der Waals surface area contributed by atoms with Crippen molar-refractivity contribution in [1.82, 2.24) is 5.32 Å². The van der Waals surface area contributed by atoms with Crippen molar-refractivity contribution in [3.05, 3.63) is 29.8 Å². The Balaban J connectivity index is 2.63. The van der Waals surface area contributed by atoms with Crippen molar-refractivity contribution in [3.63, 3.8) is 0 Å². The molecular weight excluding hydrogens is 296 g/mol. The van der Waals surface area contributed by atoms with E-state index in [4.69, 9.17) is 4.74 Å². The second-order valence-electron chi connectivity index (χ2n) is 4.76. The zero-order valence-electron chi connectivity index (χ0n) is 12.5. The zero-order valence-corrected chi connectivity index (χ0v) is 13.4. The third kappa shape index (κ3) is 5.28. The van der Waals surface area contributed by atoms with Crippen molar-refractivity contribution in [2.24, 2.45) is 0 Å². The Labute approximate surface area is 128 Å². The van der Waals surface area contributed by atoms with Gasteiger partial charge < -0.3 is 10.1 Å². The van der Waals surface area contributed by atoms with E-state index < -0.39 is 17.2 Å². The number of carbonyl (C=O) groups excluding carboxylic acids is 1. The van der Waals surface area contributed by atoms with E-state index in [0.717, 1.165) is 6.07 Å². The normalized spacial score (nSPS) is 13.8. The quantitative estimate of drug-likeness (QED) is 0.589. The second-order valence-corrected chi connectivity index (χ2v) is 5.89. The van der Waals surface area contributed by atoms with Gasteiger partial charge in [0.1, 0.15) is 17.2 Å². The highest BCUT2D eigenvalue weighted by molar-refractivity contribution is 7.99. The van der Waals surface area contributed by atoms with Crippen LogP contribution < -0.4 is 5.32 Å². The summed E-state index contributed by atoms with van der Waals surface area (Å²) in [6.07, 6.45) is 0.487. The van der Waals surface area contributed by atoms with Gasteiger partial charge in [0.2, 0.25) is 0 Å². The molecule has 1 aromatic rings. The van der Waals surface area contributed by atoms with Gasteiger partial charge in [0.25, 0.3) is 0 Å². The number of ether oxygens (including phenoxy) is 1. The fourth-order valence-corrected chi connectivity index (χ4v) is 2.99. The summed E-state index contributed by atoms with van der Waals surface area (Å²) in [5, 5.41) is 3.11. The van der Waals surface area contributed by atoms with Gasteiger partial charge in [-0.3, -0.25) is 4.79 Å². The van der Waals surface area contributed by atoms with Crippen LogP contribution in [0.1, 0.15) is 27.2 Å². The number of rotatable bonds is 8. The largest absolute Gasteiger partial charge is 0.465 e. The minimum Gasteiger partial charge on any atom is -0.465 e. The van der Waals surface area contributed by atoms with Crippen molar-refractivity contribution in [2.45, 2.75) is 37.6 Å². The summed E-state index contributed by atoms with van der Waals surface area (Å²) in [5.41, 5.74) is -0.797. The SMILES string of the molecule is CCNC(C)(CCSc1ccc(F)cc1F)C(=O)OCC. The molecule has 0 bridgehead atoms. The number of benzene rings is 1. The van der Waals surface area contributed by atoms with Gasteiger partial charge >= 0.3 is 5.97 Å². The monoisotopic (exact) mass is 317 g/mol. The number of halogens is 2. The number of hydrogen-bond acceptors (Lipinski definition) is 4. The lowest BCUT2D eigenvalue weighted by Crippen LogP contribution is -2.50. The van der Waals surface area contributed by atoms with Crippen LogP contribution in [0.5, 0.6) is 0 Å². The van der Waals surface area contributed by atoms with Crippen molar-refractivity contribution >= 4 is 17.7 Å². The average molecular weight is 317 g/mol. The number of esters is 1. The fraction of sp³-hybridized carbons (Fsp3) is 0.533. The Morgan fingerprint density at radius 2 is 2.10 bits per heavy atom. The molecule has 3 nitrogen and oxygen atoms in total. The molecule has 0 spiro atoms. The number of hydrogen-bond donors (Lipinski definition) is 1. The van der Waals surface area contributed by atoms with Crippen LogP contribution in [0.4, 0.5) is 8.78 Å². The van der Waals surface area contributed by atoms with Crippen LogP contribution in [-0.4, -0.2) is 30.4 Å². The first kappa shape index (κ1) is 17.9. The van der Waals surface area contributed by atoms with E-state index in [1.165, 1.54) is 23.9 Å². The molecule has 0 saturated carbocycles. The summed E-state index contributed by atoms with van der Waals surface area (Å²) in [6, 6.07) is 3.49. The summed E-state index contributed by atoms with van der Waals surface area (Å²) < 4.78 is 31.4. The second kappa shape index (κ2) is 8.34. The van der Waals surface area contributed by atoms with E-state index in [1.807, 2.05) is 6.92 Å². The van der Waals surface area contributed by atoms with Crippen LogP contribution in [0.3, 0.4) is 0 Å². The molecule has 1 atom stereocenters. The van der Waals surface area contributed by atoms with Crippen LogP contribution in [0.2, 0.25) is 0 Å². The minimum absolute atomic E-state index is 0.313. The molecule has 0 radical (unpaired) electrons. The molecule has 0 aromatic heterocycles. The lowest BCUT2D eigenvalue weighted by atomic mass is 9.99. The highest BCUT2D eigenvalue weighted by Gasteiger charge is 2.33. The third-order valence-corrected chi connectivity index (χ3v) is 4.10. The molecule has 118 valence electrons. The van der Waals surface area contributed by atoms with Crippen LogP contribution in [0, 0.1) is 11.6 Å². The average Bonchev–Trinajstić information content (AvgIpc) is 2.42. The van der Waals surface area contributed by atoms with E-state index in [9.17, 15) is 13.6 Å². The topological polar surface area (TPSA) is 38.3 Å². The maximum atomic E-state index is 13.5. The first-order valence-corrected chi connectivity index (χ1v) is 7.91.